The molecule has 15 heavy (non-hydrogen) atoms. The van der Waals surface area contributed by atoms with Crippen molar-refractivity contribution in [1.29, 1.82) is 0 Å². The van der Waals surface area contributed by atoms with Crippen LogP contribution in [0.3, 0.4) is 0 Å². The van der Waals surface area contributed by atoms with Crippen LogP contribution in [0.4, 0.5) is 0 Å². The zero-order chi connectivity index (χ0) is 10.9. The van der Waals surface area contributed by atoms with Crippen molar-refractivity contribution in [3.63, 3.8) is 0 Å². The van der Waals surface area contributed by atoms with E-state index >= 15 is 0 Å². The highest BCUT2D eigenvalue weighted by Crippen LogP contribution is 2.37. The van der Waals surface area contributed by atoms with Crippen molar-refractivity contribution in [2.75, 3.05) is 13.2 Å². The van der Waals surface area contributed by atoms with Crippen molar-refractivity contribution in [3.05, 3.63) is 0 Å². The van der Waals surface area contributed by atoms with Gasteiger partial charge < -0.3 is 19.7 Å². The molecule has 4 atom stereocenters. The van der Waals surface area contributed by atoms with E-state index in [1.165, 1.54) is 0 Å². The van der Waals surface area contributed by atoms with Crippen LogP contribution in [0.25, 0.3) is 0 Å². The van der Waals surface area contributed by atoms with E-state index in [1.807, 2.05) is 0 Å². The molecule has 0 bridgehead atoms. The number of aliphatic hydroxyl groups excluding tert-OH is 2. The molecule has 0 aliphatic carbocycles. The summed E-state index contributed by atoms with van der Waals surface area (Å²) in [5, 5.41) is 19.0. The molecule has 4 heteroatoms. The van der Waals surface area contributed by atoms with Gasteiger partial charge in [0, 0.05) is 12.8 Å². The minimum atomic E-state index is -0.761. The third-order valence-electron chi connectivity index (χ3n) is 3.57. The number of hydrogen-bond donors (Lipinski definition) is 2. The maximum absolute atomic E-state index is 9.61. The van der Waals surface area contributed by atoms with Crippen LogP contribution in [-0.4, -0.2) is 41.4 Å². The summed E-state index contributed by atoms with van der Waals surface area (Å²) in [6.45, 7) is 3.05. The van der Waals surface area contributed by atoms with Crippen molar-refractivity contribution in [2.24, 2.45) is 5.92 Å². The summed E-state index contributed by atoms with van der Waals surface area (Å²) < 4.78 is 11.3. The van der Waals surface area contributed by atoms with E-state index in [4.69, 9.17) is 9.47 Å². The molecule has 2 rings (SSSR count). The minimum absolute atomic E-state index is 0.179. The smallest absolute Gasteiger partial charge is 0.170 e. The molecule has 2 saturated heterocycles. The first-order valence-corrected chi connectivity index (χ1v) is 5.79. The van der Waals surface area contributed by atoms with Gasteiger partial charge in [-0.15, -0.1) is 0 Å². The van der Waals surface area contributed by atoms with Crippen LogP contribution >= 0.6 is 0 Å². The fourth-order valence-corrected chi connectivity index (χ4v) is 2.31. The Labute approximate surface area is 90.2 Å². The van der Waals surface area contributed by atoms with E-state index in [9.17, 15) is 10.2 Å². The SMILES string of the molecule is CC[C@H]1CC[C@]2(C[C@H](O)[C@H](O)CO2)OC1. The van der Waals surface area contributed by atoms with Gasteiger partial charge in [-0.1, -0.05) is 13.3 Å². The van der Waals surface area contributed by atoms with Gasteiger partial charge in [-0.2, -0.15) is 0 Å². The molecule has 2 fully saturated rings. The van der Waals surface area contributed by atoms with Gasteiger partial charge in [-0.25, -0.2) is 0 Å². The molecular formula is C11H20O4. The number of ether oxygens (including phenoxy) is 2. The Morgan fingerprint density at radius 3 is 2.47 bits per heavy atom. The molecule has 88 valence electrons. The molecule has 2 aliphatic heterocycles. The lowest BCUT2D eigenvalue weighted by atomic mass is 9.89. The lowest BCUT2D eigenvalue weighted by Crippen LogP contribution is -2.53. The average molecular weight is 216 g/mol. The van der Waals surface area contributed by atoms with E-state index in [-0.39, 0.29) is 6.61 Å². The molecule has 0 aromatic rings. The highest BCUT2D eigenvalue weighted by Gasteiger charge is 2.44. The summed E-state index contributed by atoms with van der Waals surface area (Å²) in [6.07, 6.45) is 1.96. The first kappa shape index (κ1) is 11.3. The Balaban J connectivity index is 1.92. The monoisotopic (exact) mass is 216 g/mol. The molecule has 0 unspecified atom stereocenters. The average Bonchev–Trinajstić information content (AvgIpc) is 2.26. The summed E-state index contributed by atoms with van der Waals surface area (Å²) in [7, 11) is 0. The maximum atomic E-state index is 9.61. The van der Waals surface area contributed by atoms with Crippen molar-refractivity contribution >= 4 is 0 Å². The molecule has 4 nitrogen and oxygen atoms in total. The predicted molar refractivity (Wildman–Crippen MR) is 54.3 cm³/mol. The van der Waals surface area contributed by atoms with Crippen molar-refractivity contribution in [3.8, 4) is 0 Å². The zero-order valence-electron chi connectivity index (χ0n) is 9.19. The Morgan fingerprint density at radius 2 is 1.93 bits per heavy atom. The maximum Gasteiger partial charge on any atom is 0.170 e. The van der Waals surface area contributed by atoms with E-state index < -0.39 is 18.0 Å². The van der Waals surface area contributed by atoms with Crippen LogP contribution in [0.5, 0.6) is 0 Å². The van der Waals surface area contributed by atoms with Crippen molar-refractivity contribution in [1.82, 2.24) is 0 Å². The molecule has 0 amide bonds. The second kappa shape index (κ2) is 4.37. The van der Waals surface area contributed by atoms with E-state index in [2.05, 4.69) is 6.92 Å². The van der Waals surface area contributed by atoms with E-state index in [0.29, 0.717) is 18.9 Å². The van der Waals surface area contributed by atoms with Gasteiger partial charge in [-0.3, -0.25) is 0 Å². The first-order valence-electron chi connectivity index (χ1n) is 5.79. The van der Waals surface area contributed by atoms with Crippen molar-refractivity contribution < 1.29 is 19.7 Å². The molecule has 2 heterocycles. The summed E-state index contributed by atoms with van der Waals surface area (Å²) >= 11 is 0. The second-order valence-electron chi connectivity index (χ2n) is 4.68. The highest BCUT2D eigenvalue weighted by molar-refractivity contribution is 4.87. The lowest BCUT2D eigenvalue weighted by molar-refractivity contribution is -0.311. The van der Waals surface area contributed by atoms with Gasteiger partial charge in [0.15, 0.2) is 5.79 Å². The summed E-state index contributed by atoms with van der Waals surface area (Å²) in [4.78, 5) is 0. The largest absolute Gasteiger partial charge is 0.390 e. The van der Waals surface area contributed by atoms with Gasteiger partial charge in [0.05, 0.1) is 19.3 Å². The van der Waals surface area contributed by atoms with E-state index in [1.54, 1.807) is 0 Å². The normalized spacial score (nSPS) is 47.0. The summed E-state index contributed by atoms with van der Waals surface area (Å²) in [5.41, 5.74) is 0. The molecule has 0 saturated carbocycles. The van der Waals surface area contributed by atoms with Gasteiger partial charge in [-0.05, 0) is 12.3 Å². The topological polar surface area (TPSA) is 58.9 Å². The first-order chi connectivity index (χ1) is 7.15. The van der Waals surface area contributed by atoms with Crippen LogP contribution in [0.1, 0.15) is 32.6 Å². The summed E-state index contributed by atoms with van der Waals surface area (Å²) in [6, 6.07) is 0. The van der Waals surface area contributed by atoms with Gasteiger partial charge in [0.2, 0.25) is 0 Å². The van der Waals surface area contributed by atoms with Gasteiger partial charge >= 0.3 is 0 Å². The lowest BCUT2D eigenvalue weighted by Gasteiger charge is -2.45. The fourth-order valence-electron chi connectivity index (χ4n) is 2.31. The molecule has 0 aromatic heterocycles. The fraction of sp³-hybridized carbons (Fsp3) is 1.00. The third kappa shape index (κ3) is 2.33. The predicted octanol–water partition coefficient (Wildman–Crippen LogP) is 0.661. The third-order valence-corrected chi connectivity index (χ3v) is 3.57. The minimum Gasteiger partial charge on any atom is -0.390 e. The Morgan fingerprint density at radius 1 is 1.20 bits per heavy atom. The molecule has 2 aliphatic rings. The standard InChI is InChI=1S/C11H20O4/c1-2-8-3-4-11(14-6-8)5-9(12)10(13)7-15-11/h8-10,12-13H,2-7H2,1H3/t8-,9-,10+,11-/m0/s1. The van der Waals surface area contributed by atoms with Gasteiger partial charge in [0.25, 0.3) is 0 Å². The molecular weight excluding hydrogens is 196 g/mol. The molecule has 1 spiro atoms. The van der Waals surface area contributed by atoms with E-state index in [0.717, 1.165) is 19.3 Å². The van der Waals surface area contributed by atoms with Crippen LogP contribution in [0.15, 0.2) is 0 Å². The van der Waals surface area contributed by atoms with Gasteiger partial charge in [0.1, 0.15) is 6.10 Å². The zero-order valence-corrected chi connectivity index (χ0v) is 9.19. The Bertz CT molecular complexity index is 211. The quantitative estimate of drug-likeness (QED) is 0.676. The van der Waals surface area contributed by atoms with Crippen LogP contribution in [0, 0.1) is 5.92 Å². The molecule has 2 N–H and O–H groups in total. The van der Waals surface area contributed by atoms with Crippen LogP contribution < -0.4 is 0 Å². The number of rotatable bonds is 1. The molecule has 0 aromatic carbocycles. The Kier molecular flexibility index (Phi) is 3.30. The summed E-state index contributed by atoms with van der Waals surface area (Å²) in [5.74, 6) is -0.00663. The Hall–Kier alpha value is -0.160. The van der Waals surface area contributed by atoms with Crippen LogP contribution in [0.2, 0.25) is 0 Å². The second-order valence-corrected chi connectivity index (χ2v) is 4.68. The number of hydrogen-bond acceptors (Lipinski definition) is 4. The number of aliphatic hydroxyl groups is 2. The molecule has 0 radical (unpaired) electrons. The van der Waals surface area contributed by atoms with Crippen molar-refractivity contribution in [2.45, 2.75) is 50.6 Å². The van der Waals surface area contributed by atoms with Crippen LogP contribution in [-0.2, 0) is 9.47 Å². The highest BCUT2D eigenvalue weighted by atomic mass is 16.7.